The van der Waals surface area contributed by atoms with Crippen molar-refractivity contribution in [2.45, 2.75) is 13.2 Å². The number of carbonyl (C=O) groups is 1. The van der Waals surface area contributed by atoms with E-state index in [-0.39, 0.29) is 12.5 Å². The molecular formula is C24H20F2N2O4S. The predicted octanol–water partition coefficient (Wildman–Crippen LogP) is 5.54. The molecular weight excluding hydrogens is 450 g/mol. The highest BCUT2D eigenvalue weighted by atomic mass is 32.1. The van der Waals surface area contributed by atoms with Crippen LogP contribution in [0.5, 0.6) is 11.5 Å². The Morgan fingerprint density at radius 3 is 2.70 bits per heavy atom. The minimum absolute atomic E-state index is 0.0464. The van der Waals surface area contributed by atoms with Crippen molar-refractivity contribution in [3.63, 3.8) is 0 Å². The minimum Gasteiger partial charge on any atom is -0.493 e. The Kier molecular flexibility index (Phi) is 6.69. The second-order valence-corrected chi connectivity index (χ2v) is 8.04. The van der Waals surface area contributed by atoms with Crippen molar-refractivity contribution in [1.29, 1.82) is 0 Å². The molecule has 0 N–H and O–H groups in total. The fraction of sp³-hybridized carbons (Fsp3) is 0.167. The topological polar surface area (TPSA) is 64.8 Å². The Hall–Kier alpha value is -3.72. The summed E-state index contributed by atoms with van der Waals surface area (Å²) in [7, 11) is 3.19. The van der Waals surface area contributed by atoms with Gasteiger partial charge in [-0.1, -0.05) is 6.07 Å². The third kappa shape index (κ3) is 5.20. The van der Waals surface area contributed by atoms with E-state index >= 15 is 0 Å². The van der Waals surface area contributed by atoms with Crippen LogP contribution in [0, 0.1) is 11.6 Å². The van der Waals surface area contributed by atoms with Crippen molar-refractivity contribution in [3.05, 3.63) is 88.8 Å². The van der Waals surface area contributed by atoms with Crippen LogP contribution in [0.15, 0.2) is 64.6 Å². The molecule has 0 atom stereocenters. The average molecular weight is 470 g/mol. The molecule has 0 aliphatic rings. The van der Waals surface area contributed by atoms with Crippen LogP contribution in [0.3, 0.4) is 0 Å². The Balaban J connectivity index is 1.46. The molecule has 0 fully saturated rings. The first-order valence-electron chi connectivity index (χ1n) is 9.93. The fourth-order valence-electron chi connectivity index (χ4n) is 3.12. The van der Waals surface area contributed by atoms with Gasteiger partial charge in [0.15, 0.2) is 23.1 Å². The molecule has 2 aromatic carbocycles. The summed E-state index contributed by atoms with van der Waals surface area (Å²) in [6.07, 6.45) is 1.56. The summed E-state index contributed by atoms with van der Waals surface area (Å²) < 4.78 is 42.9. The molecule has 170 valence electrons. The maximum absolute atomic E-state index is 13.4. The van der Waals surface area contributed by atoms with Crippen molar-refractivity contribution >= 4 is 17.2 Å². The third-order valence-electron chi connectivity index (χ3n) is 4.83. The number of thiazole rings is 1. The number of rotatable bonds is 8. The van der Waals surface area contributed by atoms with E-state index in [0.717, 1.165) is 17.7 Å². The zero-order valence-electron chi connectivity index (χ0n) is 17.9. The number of hydrogen-bond acceptors (Lipinski definition) is 6. The number of hydrogen-bond donors (Lipinski definition) is 0. The van der Waals surface area contributed by atoms with Gasteiger partial charge in [-0.25, -0.2) is 13.8 Å². The number of nitrogens with zero attached hydrogens (tertiary/aromatic N) is 2. The fourth-order valence-corrected chi connectivity index (χ4v) is 3.91. The van der Waals surface area contributed by atoms with Gasteiger partial charge in [-0.15, -0.1) is 11.3 Å². The van der Waals surface area contributed by atoms with E-state index in [4.69, 9.17) is 13.9 Å². The lowest BCUT2D eigenvalue weighted by atomic mass is 10.2. The van der Waals surface area contributed by atoms with Crippen molar-refractivity contribution in [2.75, 3.05) is 14.2 Å². The van der Waals surface area contributed by atoms with Crippen LogP contribution in [-0.2, 0) is 13.2 Å². The first-order valence-corrected chi connectivity index (χ1v) is 10.8. The summed E-state index contributed by atoms with van der Waals surface area (Å²) in [5.74, 6) is -0.473. The second kappa shape index (κ2) is 9.83. The molecule has 33 heavy (non-hydrogen) atoms. The van der Waals surface area contributed by atoms with Crippen LogP contribution in [0.4, 0.5) is 8.78 Å². The molecule has 9 heteroatoms. The van der Waals surface area contributed by atoms with Crippen LogP contribution in [0.1, 0.15) is 21.8 Å². The van der Waals surface area contributed by atoms with Gasteiger partial charge in [-0.3, -0.25) is 4.79 Å². The number of carbonyl (C=O) groups excluding carboxylic acids is 1. The van der Waals surface area contributed by atoms with Gasteiger partial charge in [0.2, 0.25) is 0 Å². The first-order chi connectivity index (χ1) is 15.9. The number of benzene rings is 2. The van der Waals surface area contributed by atoms with Gasteiger partial charge in [-0.2, -0.15) is 0 Å². The number of aromatic nitrogens is 1. The zero-order valence-corrected chi connectivity index (χ0v) is 18.7. The van der Waals surface area contributed by atoms with Gasteiger partial charge in [0.05, 0.1) is 19.9 Å². The number of amides is 1. The van der Waals surface area contributed by atoms with E-state index in [9.17, 15) is 13.6 Å². The summed E-state index contributed by atoms with van der Waals surface area (Å²) in [6.45, 7) is 0.390. The van der Waals surface area contributed by atoms with Crippen molar-refractivity contribution in [1.82, 2.24) is 9.88 Å². The first kappa shape index (κ1) is 22.5. The minimum atomic E-state index is -0.928. The maximum Gasteiger partial charge on any atom is 0.273 e. The normalized spacial score (nSPS) is 10.8. The Morgan fingerprint density at radius 1 is 1.12 bits per heavy atom. The van der Waals surface area contributed by atoms with Crippen LogP contribution in [0.2, 0.25) is 0 Å². The van der Waals surface area contributed by atoms with Crippen LogP contribution in [-0.4, -0.2) is 29.9 Å². The lowest BCUT2D eigenvalue weighted by Crippen LogP contribution is -2.26. The highest BCUT2D eigenvalue weighted by molar-refractivity contribution is 7.13. The third-order valence-corrected chi connectivity index (χ3v) is 5.72. The van der Waals surface area contributed by atoms with Gasteiger partial charge >= 0.3 is 0 Å². The summed E-state index contributed by atoms with van der Waals surface area (Å²) in [5.41, 5.74) is 1.58. The lowest BCUT2D eigenvalue weighted by Gasteiger charge is -2.14. The van der Waals surface area contributed by atoms with Crippen molar-refractivity contribution in [2.24, 2.45) is 0 Å². The predicted molar refractivity (Wildman–Crippen MR) is 119 cm³/mol. The molecule has 4 rings (SSSR count). The average Bonchev–Trinajstić information content (AvgIpc) is 3.51. The molecule has 0 aliphatic carbocycles. The number of halogens is 2. The standard InChI is InChI=1S/C24H20F2N2O4S/c1-28(12-17-4-3-9-31-17)24(29)20-14-33-23(27-20)16-6-8-21(22(11-16)30-2)32-13-15-5-7-18(25)19(26)10-15/h3-11,14H,12-13H2,1-2H3. The van der Waals surface area contributed by atoms with Crippen LogP contribution < -0.4 is 9.47 Å². The molecule has 6 nitrogen and oxygen atoms in total. The van der Waals surface area contributed by atoms with Crippen molar-refractivity contribution in [3.8, 4) is 22.1 Å². The van der Waals surface area contributed by atoms with Crippen LogP contribution >= 0.6 is 11.3 Å². The van der Waals surface area contributed by atoms with E-state index in [1.54, 1.807) is 49.0 Å². The van der Waals surface area contributed by atoms with E-state index in [0.29, 0.717) is 40.1 Å². The quantitative estimate of drug-likeness (QED) is 0.338. The Bertz CT molecular complexity index is 1260. The summed E-state index contributed by atoms with van der Waals surface area (Å²) >= 11 is 1.34. The van der Waals surface area contributed by atoms with E-state index in [1.165, 1.54) is 29.4 Å². The van der Waals surface area contributed by atoms with E-state index in [2.05, 4.69) is 4.98 Å². The summed E-state index contributed by atoms with van der Waals surface area (Å²) in [6, 6.07) is 12.4. The summed E-state index contributed by atoms with van der Waals surface area (Å²) in [5, 5.41) is 2.35. The Morgan fingerprint density at radius 2 is 1.97 bits per heavy atom. The van der Waals surface area contributed by atoms with E-state index < -0.39 is 11.6 Å². The lowest BCUT2D eigenvalue weighted by molar-refractivity contribution is 0.0770. The molecule has 2 heterocycles. The molecule has 2 aromatic heterocycles. The molecule has 0 saturated carbocycles. The molecule has 0 saturated heterocycles. The van der Waals surface area contributed by atoms with E-state index in [1.807, 2.05) is 0 Å². The number of methoxy groups -OCH3 is 1. The van der Waals surface area contributed by atoms with Crippen molar-refractivity contribution < 1.29 is 27.5 Å². The van der Waals surface area contributed by atoms with Gasteiger partial charge in [0.25, 0.3) is 5.91 Å². The molecule has 0 aliphatic heterocycles. The highest BCUT2D eigenvalue weighted by Crippen LogP contribution is 2.34. The largest absolute Gasteiger partial charge is 0.493 e. The molecule has 0 radical (unpaired) electrons. The molecule has 0 spiro atoms. The molecule has 0 unspecified atom stereocenters. The van der Waals surface area contributed by atoms with Gasteiger partial charge in [0, 0.05) is 18.0 Å². The van der Waals surface area contributed by atoms with Gasteiger partial charge in [-0.05, 0) is 48.0 Å². The zero-order chi connectivity index (χ0) is 23.4. The number of ether oxygens (including phenoxy) is 2. The van der Waals surface area contributed by atoms with Gasteiger partial charge in [0.1, 0.15) is 23.1 Å². The monoisotopic (exact) mass is 470 g/mol. The highest BCUT2D eigenvalue weighted by Gasteiger charge is 2.18. The van der Waals surface area contributed by atoms with Crippen LogP contribution in [0.25, 0.3) is 10.6 Å². The molecule has 1 amide bonds. The maximum atomic E-state index is 13.4. The summed E-state index contributed by atoms with van der Waals surface area (Å²) in [4.78, 5) is 18.7. The second-order valence-electron chi connectivity index (χ2n) is 7.18. The number of furan rings is 1. The molecule has 0 bridgehead atoms. The SMILES string of the molecule is COc1cc(-c2nc(C(=O)N(C)Cc3ccco3)cs2)ccc1OCc1ccc(F)c(F)c1. The van der Waals surface area contributed by atoms with Gasteiger partial charge < -0.3 is 18.8 Å². The molecule has 4 aromatic rings. The Labute approximate surface area is 193 Å². The smallest absolute Gasteiger partial charge is 0.273 e.